The predicted molar refractivity (Wildman–Crippen MR) is 94.1 cm³/mol. The third-order valence-corrected chi connectivity index (χ3v) is 4.52. The van der Waals surface area contributed by atoms with Crippen molar-refractivity contribution in [3.8, 4) is 0 Å². The maximum Gasteiger partial charge on any atom is 0.339 e. The first-order chi connectivity index (χ1) is 10.9. The Balaban J connectivity index is 2.98. The molecule has 0 amide bonds. The van der Waals surface area contributed by atoms with E-state index in [1.165, 1.54) is 0 Å². The smallest absolute Gasteiger partial charge is 0.339 e. The lowest BCUT2D eigenvalue weighted by atomic mass is 9.98. The fraction of sp³-hybridized carbons (Fsp3) is 0.556. The average molecular weight is 385 g/mol. The normalized spacial score (nSPS) is 10.8. The predicted octanol–water partition coefficient (Wildman–Crippen LogP) is 5.08. The number of esters is 1. The molecule has 0 unspecified atom stereocenters. The van der Waals surface area contributed by atoms with E-state index in [1.54, 1.807) is 6.07 Å². The molecular weight excluding hydrogens is 360 g/mol. The molecule has 0 radical (unpaired) electrons. The second-order valence-electron chi connectivity index (χ2n) is 6.04. The third-order valence-electron chi connectivity index (χ3n) is 3.61. The molecule has 0 spiro atoms. The van der Waals surface area contributed by atoms with Gasteiger partial charge < -0.3 is 9.84 Å². The minimum Gasteiger partial charge on any atom is -0.478 e. The van der Waals surface area contributed by atoms with Crippen LogP contribution in [0.25, 0.3) is 0 Å². The lowest BCUT2D eigenvalue weighted by Crippen LogP contribution is -2.14. The van der Waals surface area contributed by atoms with E-state index in [-0.39, 0.29) is 11.1 Å². The van der Waals surface area contributed by atoms with E-state index in [0.29, 0.717) is 17.0 Å². The van der Waals surface area contributed by atoms with Gasteiger partial charge in [0, 0.05) is 4.47 Å². The van der Waals surface area contributed by atoms with Gasteiger partial charge in [0.15, 0.2) is 0 Å². The molecule has 128 valence electrons. The number of carboxylic acid groups (broad SMARTS) is 1. The van der Waals surface area contributed by atoms with Crippen LogP contribution in [0.3, 0.4) is 0 Å². The Bertz CT molecular complexity index is 552. The van der Waals surface area contributed by atoms with Gasteiger partial charge in [0.1, 0.15) is 0 Å². The van der Waals surface area contributed by atoms with Gasteiger partial charge in [0.05, 0.1) is 17.7 Å². The molecule has 0 aromatic heterocycles. The molecule has 0 saturated carbocycles. The lowest BCUT2D eigenvalue weighted by molar-refractivity contribution is 0.0489. The van der Waals surface area contributed by atoms with Gasteiger partial charge >= 0.3 is 11.9 Å². The molecule has 0 saturated heterocycles. The molecule has 0 fully saturated rings. The summed E-state index contributed by atoms with van der Waals surface area (Å²) in [4.78, 5) is 23.7. The van der Waals surface area contributed by atoms with Crippen molar-refractivity contribution in [2.45, 2.75) is 52.9 Å². The Morgan fingerprint density at radius 1 is 1.26 bits per heavy atom. The van der Waals surface area contributed by atoms with Crippen LogP contribution in [0, 0.1) is 5.92 Å². The largest absolute Gasteiger partial charge is 0.478 e. The number of aryl methyl sites for hydroxylation is 1. The van der Waals surface area contributed by atoms with Crippen molar-refractivity contribution in [2.75, 3.05) is 6.61 Å². The summed E-state index contributed by atoms with van der Waals surface area (Å²) in [5.74, 6) is -1.09. The molecule has 5 heteroatoms. The van der Waals surface area contributed by atoms with Crippen molar-refractivity contribution in [1.29, 1.82) is 0 Å². The number of hydrogen-bond donors (Lipinski definition) is 1. The maximum absolute atomic E-state index is 12.1. The number of benzene rings is 1. The highest BCUT2D eigenvalue weighted by atomic mass is 79.9. The molecule has 0 aliphatic carbocycles. The van der Waals surface area contributed by atoms with Crippen LogP contribution in [-0.2, 0) is 11.2 Å². The van der Waals surface area contributed by atoms with Crippen LogP contribution < -0.4 is 0 Å². The minimum absolute atomic E-state index is 0.00598. The summed E-state index contributed by atoms with van der Waals surface area (Å²) >= 11 is 3.36. The number of hydrogen-bond acceptors (Lipinski definition) is 3. The van der Waals surface area contributed by atoms with Crippen molar-refractivity contribution in [3.05, 3.63) is 33.3 Å². The molecular formula is C18H25BrO4. The van der Waals surface area contributed by atoms with E-state index in [2.05, 4.69) is 29.8 Å². The van der Waals surface area contributed by atoms with Crippen LogP contribution in [-0.4, -0.2) is 23.7 Å². The van der Waals surface area contributed by atoms with Crippen LogP contribution in [0.1, 0.15) is 72.7 Å². The molecule has 0 heterocycles. The summed E-state index contributed by atoms with van der Waals surface area (Å²) < 4.78 is 5.63. The van der Waals surface area contributed by atoms with E-state index in [0.717, 1.165) is 37.7 Å². The van der Waals surface area contributed by atoms with E-state index >= 15 is 0 Å². The number of ether oxygens (including phenoxy) is 1. The Kier molecular flexibility index (Phi) is 8.31. The summed E-state index contributed by atoms with van der Waals surface area (Å²) in [6.45, 7) is 6.63. The van der Waals surface area contributed by atoms with Crippen LogP contribution in [0.2, 0.25) is 0 Å². The summed E-state index contributed by atoms with van der Waals surface area (Å²) in [5, 5.41) is 9.47. The SMILES string of the molecule is CCCCOC(=O)c1ccc(CCCC(C)C)c(Br)c1C(=O)O. The molecule has 1 aromatic rings. The zero-order valence-corrected chi connectivity index (χ0v) is 15.6. The summed E-state index contributed by atoms with van der Waals surface area (Å²) in [6.07, 6.45) is 4.52. The summed E-state index contributed by atoms with van der Waals surface area (Å²) in [6, 6.07) is 3.38. The highest BCUT2D eigenvalue weighted by Crippen LogP contribution is 2.28. The fourth-order valence-electron chi connectivity index (χ4n) is 2.28. The Hall–Kier alpha value is -1.36. The summed E-state index contributed by atoms with van der Waals surface area (Å²) in [7, 11) is 0. The zero-order chi connectivity index (χ0) is 17.4. The van der Waals surface area contributed by atoms with Crippen molar-refractivity contribution < 1.29 is 19.4 Å². The van der Waals surface area contributed by atoms with Crippen LogP contribution >= 0.6 is 15.9 Å². The Morgan fingerprint density at radius 2 is 1.96 bits per heavy atom. The minimum atomic E-state index is -1.12. The van der Waals surface area contributed by atoms with Gasteiger partial charge in [-0.2, -0.15) is 0 Å². The molecule has 4 nitrogen and oxygen atoms in total. The highest BCUT2D eigenvalue weighted by molar-refractivity contribution is 9.10. The monoisotopic (exact) mass is 384 g/mol. The van der Waals surface area contributed by atoms with Gasteiger partial charge in [0.2, 0.25) is 0 Å². The van der Waals surface area contributed by atoms with Gasteiger partial charge in [-0.25, -0.2) is 9.59 Å². The average Bonchev–Trinajstić information content (AvgIpc) is 2.48. The van der Waals surface area contributed by atoms with Crippen LogP contribution in [0.15, 0.2) is 16.6 Å². The lowest BCUT2D eigenvalue weighted by Gasteiger charge is -2.13. The van der Waals surface area contributed by atoms with E-state index in [1.807, 2.05) is 13.0 Å². The molecule has 0 atom stereocenters. The highest BCUT2D eigenvalue weighted by Gasteiger charge is 2.22. The maximum atomic E-state index is 12.1. The second kappa shape index (κ2) is 9.71. The van der Waals surface area contributed by atoms with Crippen molar-refractivity contribution in [3.63, 3.8) is 0 Å². The van der Waals surface area contributed by atoms with E-state index in [9.17, 15) is 14.7 Å². The number of carbonyl (C=O) groups excluding carboxylic acids is 1. The van der Waals surface area contributed by atoms with Crippen LogP contribution in [0.5, 0.6) is 0 Å². The number of carbonyl (C=O) groups is 2. The molecule has 23 heavy (non-hydrogen) atoms. The van der Waals surface area contributed by atoms with Gasteiger partial charge in [-0.3, -0.25) is 0 Å². The van der Waals surface area contributed by atoms with Crippen molar-refractivity contribution in [1.82, 2.24) is 0 Å². The topological polar surface area (TPSA) is 63.6 Å². The second-order valence-corrected chi connectivity index (χ2v) is 6.83. The molecule has 0 aliphatic rings. The van der Waals surface area contributed by atoms with Gasteiger partial charge in [-0.1, -0.05) is 39.7 Å². The van der Waals surface area contributed by atoms with E-state index in [4.69, 9.17) is 4.74 Å². The Morgan fingerprint density at radius 3 is 2.52 bits per heavy atom. The number of halogens is 1. The number of aromatic carboxylic acids is 1. The molecule has 1 N–H and O–H groups in total. The number of carboxylic acids is 1. The number of unbranched alkanes of at least 4 members (excludes halogenated alkanes) is 1. The van der Waals surface area contributed by atoms with Crippen molar-refractivity contribution >= 4 is 27.9 Å². The van der Waals surface area contributed by atoms with Crippen LogP contribution in [0.4, 0.5) is 0 Å². The first-order valence-corrected chi connectivity index (χ1v) is 8.89. The first kappa shape index (κ1) is 19.7. The Labute approximate surface area is 146 Å². The zero-order valence-electron chi connectivity index (χ0n) is 14.0. The summed E-state index contributed by atoms with van der Waals surface area (Å²) in [5.41, 5.74) is 1.01. The quantitative estimate of drug-likeness (QED) is 0.476. The number of rotatable bonds is 9. The molecule has 1 aromatic carbocycles. The first-order valence-electron chi connectivity index (χ1n) is 8.10. The van der Waals surface area contributed by atoms with Gasteiger partial charge in [-0.15, -0.1) is 0 Å². The fourth-order valence-corrected chi connectivity index (χ4v) is 2.99. The van der Waals surface area contributed by atoms with E-state index < -0.39 is 11.9 Å². The third kappa shape index (κ3) is 5.98. The van der Waals surface area contributed by atoms with Gasteiger partial charge in [0.25, 0.3) is 0 Å². The van der Waals surface area contributed by atoms with Crippen molar-refractivity contribution in [2.24, 2.45) is 5.92 Å². The molecule has 0 aliphatic heterocycles. The molecule has 1 rings (SSSR count). The standard InChI is InChI=1S/C18H25BrO4/c1-4-5-11-23-18(22)14-10-9-13(8-6-7-12(2)3)16(19)15(14)17(20)21/h9-10,12H,4-8,11H2,1-3H3,(H,20,21). The van der Waals surface area contributed by atoms with Gasteiger partial charge in [-0.05, 0) is 52.7 Å². The molecule has 0 bridgehead atoms.